The zero-order valence-electron chi connectivity index (χ0n) is 11.9. The molecule has 110 valence electrons. The standard InChI is InChI=1S/C17H13N3O.ClH/c1-21-16-12-5-3-2-4-11(12)6-7-13(16)17-19-14-8-9-18-10-15(14)20-17;/h2-10H,1H3,(H,19,20);1H. The molecule has 2 heterocycles. The van der Waals surface area contributed by atoms with Crippen molar-refractivity contribution in [2.24, 2.45) is 0 Å². The first-order valence-electron chi connectivity index (χ1n) is 6.72. The van der Waals surface area contributed by atoms with Gasteiger partial charge in [-0.3, -0.25) is 4.98 Å². The van der Waals surface area contributed by atoms with Crippen LogP contribution in [0.15, 0.2) is 54.9 Å². The first-order chi connectivity index (χ1) is 10.4. The summed E-state index contributed by atoms with van der Waals surface area (Å²) in [6.45, 7) is 0. The minimum absolute atomic E-state index is 0. The van der Waals surface area contributed by atoms with Crippen molar-refractivity contribution in [2.45, 2.75) is 0 Å². The van der Waals surface area contributed by atoms with Crippen LogP contribution in [-0.2, 0) is 0 Å². The molecule has 4 nitrogen and oxygen atoms in total. The smallest absolute Gasteiger partial charge is 0.142 e. The molecule has 0 radical (unpaired) electrons. The molecule has 0 aliphatic heterocycles. The Morgan fingerprint density at radius 1 is 1.05 bits per heavy atom. The number of nitrogens with one attached hydrogen (secondary N) is 1. The quantitative estimate of drug-likeness (QED) is 0.603. The Bertz CT molecular complexity index is 916. The molecule has 5 heteroatoms. The SMILES string of the molecule is COc1c(-c2nc3cnccc3[nH]2)ccc2ccccc12.Cl. The molecule has 4 aromatic rings. The molecule has 2 aromatic heterocycles. The molecule has 2 aromatic carbocycles. The Morgan fingerprint density at radius 3 is 2.73 bits per heavy atom. The number of H-pyrrole nitrogens is 1. The van der Waals surface area contributed by atoms with Crippen LogP contribution in [0.2, 0.25) is 0 Å². The number of aromatic nitrogens is 3. The van der Waals surface area contributed by atoms with Gasteiger partial charge in [-0.05, 0) is 17.5 Å². The highest BCUT2D eigenvalue weighted by Gasteiger charge is 2.13. The van der Waals surface area contributed by atoms with E-state index in [2.05, 4.69) is 33.2 Å². The van der Waals surface area contributed by atoms with Gasteiger partial charge in [0.05, 0.1) is 24.4 Å². The molecule has 0 bridgehead atoms. The van der Waals surface area contributed by atoms with Gasteiger partial charge in [-0.25, -0.2) is 4.98 Å². The molecule has 0 saturated carbocycles. The van der Waals surface area contributed by atoms with Crippen molar-refractivity contribution in [2.75, 3.05) is 7.11 Å². The highest BCUT2D eigenvalue weighted by atomic mass is 35.5. The van der Waals surface area contributed by atoms with Crippen molar-refractivity contribution < 1.29 is 4.74 Å². The minimum atomic E-state index is 0. The van der Waals surface area contributed by atoms with Crippen LogP contribution in [0.3, 0.4) is 0 Å². The topological polar surface area (TPSA) is 50.8 Å². The van der Waals surface area contributed by atoms with E-state index in [4.69, 9.17) is 4.74 Å². The number of ether oxygens (including phenoxy) is 1. The third-order valence-electron chi connectivity index (χ3n) is 3.62. The number of pyridine rings is 1. The lowest BCUT2D eigenvalue weighted by Gasteiger charge is -2.10. The predicted octanol–water partition coefficient (Wildman–Crippen LogP) is 4.21. The first kappa shape index (κ1) is 14.4. The summed E-state index contributed by atoms with van der Waals surface area (Å²) in [5.41, 5.74) is 2.77. The molecular formula is C17H14ClN3O. The van der Waals surface area contributed by atoms with Crippen LogP contribution < -0.4 is 4.74 Å². The maximum Gasteiger partial charge on any atom is 0.142 e. The molecule has 0 amide bonds. The number of aromatic amines is 1. The molecule has 0 unspecified atom stereocenters. The number of rotatable bonds is 2. The van der Waals surface area contributed by atoms with E-state index in [1.165, 1.54) is 0 Å². The van der Waals surface area contributed by atoms with Crippen LogP contribution in [0, 0.1) is 0 Å². The molecule has 0 fully saturated rings. The average molecular weight is 312 g/mol. The number of benzene rings is 2. The summed E-state index contributed by atoms with van der Waals surface area (Å²) >= 11 is 0. The number of hydrogen-bond acceptors (Lipinski definition) is 3. The van der Waals surface area contributed by atoms with Gasteiger partial charge in [0.1, 0.15) is 17.1 Å². The van der Waals surface area contributed by atoms with E-state index < -0.39 is 0 Å². The van der Waals surface area contributed by atoms with E-state index >= 15 is 0 Å². The second-order valence-corrected chi connectivity index (χ2v) is 4.85. The van der Waals surface area contributed by atoms with Gasteiger partial charge >= 0.3 is 0 Å². The molecular weight excluding hydrogens is 298 g/mol. The monoisotopic (exact) mass is 311 g/mol. The molecule has 0 aliphatic carbocycles. The lowest BCUT2D eigenvalue weighted by atomic mass is 10.0. The molecule has 0 atom stereocenters. The van der Waals surface area contributed by atoms with E-state index in [-0.39, 0.29) is 12.4 Å². The summed E-state index contributed by atoms with van der Waals surface area (Å²) in [5, 5.41) is 2.23. The summed E-state index contributed by atoms with van der Waals surface area (Å²) in [6, 6.07) is 14.2. The fourth-order valence-corrected chi connectivity index (χ4v) is 2.63. The van der Waals surface area contributed by atoms with Crippen LogP contribution in [0.5, 0.6) is 5.75 Å². The minimum Gasteiger partial charge on any atom is -0.495 e. The van der Waals surface area contributed by atoms with Crippen molar-refractivity contribution in [1.82, 2.24) is 15.0 Å². The van der Waals surface area contributed by atoms with Gasteiger partial charge in [-0.15, -0.1) is 12.4 Å². The summed E-state index contributed by atoms with van der Waals surface area (Å²) < 4.78 is 5.63. The van der Waals surface area contributed by atoms with Gasteiger partial charge in [0.15, 0.2) is 0 Å². The average Bonchev–Trinajstić information content (AvgIpc) is 2.97. The lowest BCUT2D eigenvalue weighted by Crippen LogP contribution is -1.91. The fraction of sp³-hybridized carbons (Fsp3) is 0.0588. The van der Waals surface area contributed by atoms with Crippen molar-refractivity contribution in [1.29, 1.82) is 0 Å². The molecule has 1 N–H and O–H groups in total. The van der Waals surface area contributed by atoms with Crippen molar-refractivity contribution in [3.05, 3.63) is 54.9 Å². The second kappa shape index (κ2) is 5.66. The summed E-state index contributed by atoms with van der Waals surface area (Å²) in [7, 11) is 1.69. The maximum absolute atomic E-state index is 5.63. The molecule has 0 saturated heterocycles. The molecule has 0 aliphatic rings. The number of methoxy groups -OCH3 is 1. The number of imidazole rings is 1. The summed E-state index contributed by atoms with van der Waals surface area (Å²) in [6.07, 6.45) is 3.50. The summed E-state index contributed by atoms with van der Waals surface area (Å²) in [4.78, 5) is 12.0. The van der Waals surface area contributed by atoms with E-state index in [9.17, 15) is 0 Å². The fourth-order valence-electron chi connectivity index (χ4n) is 2.63. The van der Waals surface area contributed by atoms with Gasteiger partial charge in [0.2, 0.25) is 0 Å². The van der Waals surface area contributed by atoms with Gasteiger partial charge in [-0.1, -0.05) is 30.3 Å². The van der Waals surface area contributed by atoms with Crippen LogP contribution in [0.25, 0.3) is 33.2 Å². The van der Waals surface area contributed by atoms with Gasteiger partial charge in [-0.2, -0.15) is 0 Å². The zero-order valence-corrected chi connectivity index (χ0v) is 12.7. The van der Waals surface area contributed by atoms with E-state index in [1.54, 1.807) is 19.5 Å². The number of hydrogen-bond donors (Lipinski definition) is 1. The van der Waals surface area contributed by atoms with Crippen LogP contribution in [-0.4, -0.2) is 22.1 Å². The van der Waals surface area contributed by atoms with Crippen LogP contribution >= 0.6 is 12.4 Å². The Hall–Kier alpha value is -2.59. The first-order valence-corrected chi connectivity index (χ1v) is 6.72. The zero-order chi connectivity index (χ0) is 14.2. The highest BCUT2D eigenvalue weighted by Crippen LogP contribution is 2.35. The predicted molar refractivity (Wildman–Crippen MR) is 90.6 cm³/mol. The molecule has 0 spiro atoms. The van der Waals surface area contributed by atoms with Gasteiger partial charge in [0.25, 0.3) is 0 Å². The normalized spacial score (nSPS) is 10.6. The molecule has 22 heavy (non-hydrogen) atoms. The molecule has 4 rings (SSSR count). The Labute approximate surface area is 133 Å². The van der Waals surface area contributed by atoms with E-state index in [0.29, 0.717) is 0 Å². The Morgan fingerprint density at radius 2 is 1.91 bits per heavy atom. The maximum atomic E-state index is 5.63. The third-order valence-corrected chi connectivity index (χ3v) is 3.62. The largest absolute Gasteiger partial charge is 0.495 e. The second-order valence-electron chi connectivity index (χ2n) is 4.85. The summed E-state index contributed by atoms with van der Waals surface area (Å²) in [5.74, 6) is 1.63. The number of halogens is 1. The van der Waals surface area contributed by atoms with Crippen molar-refractivity contribution in [3.63, 3.8) is 0 Å². The van der Waals surface area contributed by atoms with Crippen LogP contribution in [0.1, 0.15) is 0 Å². The van der Waals surface area contributed by atoms with Gasteiger partial charge < -0.3 is 9.72 Å². The third kappa shape index (κ3) is 2.18. The lowest BCUT2D eigenvalue weighted by molar-refractivity contribution is 0.421. The van der Waals surface area contributed by atoms with Gasteiger partial charge in [0, 0.05) is 11.6 Å². The van der Waals surface area contributed by atoms with Crippen molar-refractivity contribution >= 4 is 34.2 Å². The van der Waals surface area contributed by atoms with Crippen LogP contribution in [0.4, 0.5) is 0 Å². The van der Waals surface area contributed by atoms with E-state index in [1.807, 2.05) is 24.3 Å². The Balaban J connectivity index is 0.00000144. The number of nitrogens with zero attached hydrogens (tertiary/aromatic N) is 2. The number of fused-ring (bicyclic) bond motifs is 2. The van der Waals surface area contributed by atoms with E-state index in [0.717, 1.165) is 38.9 Å². The van der Waals surface area contributed by atoms with Crippen molar-refractivity contribution in [3.8, 4) is 17.1 Å². The Kier molecular flexibility index (Phi) is 3.69. The highest BCUT2D eigenvalue weighted by molar-refractivity contribution is 5.95.